The summed E-state index contributed by atoms with van der Waals surface area (Å²) in [5.74, 6) is 0.177. The van der Waals surface area contributed by atoms with Gasteiger partial charge < -0.3 is 10.6 Å². The quantitative estimate of drug-likeness (QED) is 0.863. The number of carbonyl (C=O) groups is 1. The number of sulfone groups is 1. The zero-order chi connectivity index (χ0) is 14.0. The number of nitrogens with two attached hydrogens (primary N) is 1. The molecular weight excluding hydrogens is 264 g/mol. The van der Waals surface area contributed by atoms with Gasteiger partial charge in [0.15, 0.2) is 0 Å². The number of nitrogens with zero attached hydrogens (tertiary/aromatic N) is 1. The standard InChI is InChI=1S/C13H18N2O3S/c1-19(17,18)7-6-10-2-4-12(5-3-10)15-9-11(14)8-13(15)16/h2-5,11H,6-9,14H2,1H3/t11-/m1/s1. The molecule has 6 heteroatoms. The minimum absolute atomic E-state index is 0.0383. The lowest BCUT2D eigenvalue weighted by Gasteiger charge is -2.16. The van der Waals surface area contributed by atoms with Crippen molar-refractivity contribution in [2.75, 3.05) is 23.5 Å². The van der Waals surface area contributed by atoms with Crippen molar-refractivity contribution >= 4 is 21.4 Å². The lowest BCUT2D eigenvalue weighted by molar-refractivity contribution is -0.117. The molecule has 1 atom stereocenters. The highest BCUT2D eigenvalue weighted by Gasteiger charge is 2.27. The highest BCUT2D eigenvalue weighted by atomic mass is 32.2. The van der Waals surface area contributed by atoms with E-state index in [1.165, 1.54) is 6.26 Å². The van der Waals surface area contributed by atoms with E-state index in [1.54, 1.807) is 4.90 Å². The summed E-state index contributed by atoms with van der Waals surface area (Å²) < 4.78 is 22.2. The Kier molecular flexibility index (Phi) is 3.91. The molecule has 104 valence electrons. The third kappa shape index (κ3) is 3.78. The van der Waals surface area contributed by atoms with Crippen molar-refractivity contribution in [3.63, 3.8) is 0 Å². The molecule has 0 bridgehead atoms. The topological polar surface area (TPSA) is 80.5 Å². The van der Waals surface area contributed by atoms with Gasteiger partial charge in [0.25, 0.3) is 0 Å². The van der Waals surface area contributed by atoms with Gasteiger partial charge in [0.1, 0.15) is 9.84 Å². The molecular formula is C13H18N2O3S. The number of benzene rings is 1. The van der Waals surface area contributed by atoms with Gasteiger partial charge in [0.2, 0.25) is 5.91 Å². The molecule has 0 unspecified atom stereocenters. The minimum Gasteiger partial charge on any atom is -0.326 e. The molecule has 1 aliphatic heterocycles. The summed E-state index contributed by atoms with van der Waals surface area (Å²) in [5.41, 5.74) is 7.52. The lowest BCUT2D eigenvalue weighted by atomic mass is 10.1. The van der Waals surface area contributed by atoms with Gasteiger partial charge in [-0.2, -0.15) is 0 Å². The number of rotatable bonds is 4. The molecule has 1 aromatic carbocycles. The number of aryl methyl sites for hydroxylation is 1. The predicted molar refractivity (Wildman–Crippen MR) is 74.8 cm³/mol. The number of amides is 1. The number of hydrogen-bond donors (Lipinski definition) is 1. The van der Waals surface area contributed by atoms with Gasteiger partial charge >= 0.3 is 0 Å². The summed E-state index contributed by atoms with van der Waals surface area (Å²) in [5, 5.41) is 0. The molecule has 0 saturated carbocycles. The molecule has 5 nitrogen and oxygen atoms in total. The molecule has 2 N–H and O–H groups in total. The molecule has 1 aliphatic rings. The van der Waals surface area contributed by atoms with E-state index in [4.69, 9.17) is 5.73 Å². The van der Waals surface area contributed by atoms with Crippen LogP contribution in [0.2, 0.25) is 0 Å². The van der Waals surface area contributed by atoms with Crippen LogP contribution in [0.3, 0.4) is 0 Å². The van der Waals surface area contributed by atoms with Gasteiger partial charge in [-0.25, -0.2) is 8.42 Å². The van der Waals surface area contributed by atoms with E-state index < -0.39 is 9.84 Å². The molecule has 0 spiro atoms. The highest BCUT2D eigenvalue weighted by Crippen LogP contribution is 2.21. The van der Waals surface area contributed by atoms with E-state index in [0.29, 0.717) is 19.4 Å². The van der Waals surface area contributed by atoms with Crippen LogP contribution in [-0.2, 0) is 21.1 Å². The molecule has 1 heterocycles. The second-order valence-corrected chi connectivity index (χ2v) is 7.27. The average Bonchev–Trinajstić information content (AvgIpc) is 2.66. The summed E-state index contributed by atoms with van der Waals surface area (Å²) >= 11 is 0. The number of carbonyl (C=O) groups excluding carboxylic acids is 1. The lowest BCUT2D eigenvalue weighted by Crippen LogP contribution is -2.27. The molecule has 1 fully saturated rings. The zero-order valence-corrected chi connectivity index (χ0v) is 11.7. The first-order valence-electron chi connectivity index (χ1n) is 6.18. The Balaban J connectivity index is 2.04. The van der Waals surface area contributed by atoms with Crippen molar-refractivity contribution in [2.24, 2.45) is 5.73 Å². The summed E-state index contributed by atoms with van der Waals surface area (Å²) in [4.78, 5) is 13.4. The highest BCUT2D eigenvalue weighted by molar-refractivity contribution is 7.90. The van der Waals surface area contributed by atoms with Gasteiger partial charge in [-0.1, -0.05) is 12.1 Å². The van der Waals surface area contributed by atoms with Crippen LogP contribution < -0.4 is 10.6 Å². The fraction of sp³-hybridized carbons (Fsp3) is 0.462. The first-order valence-corrected chi connectivity index (χ1v) is 8.24. The summed E-state index contributed by atoms with van der Waals surface area (Å²) in [6.45, 7) is 0.543. The third-order valence-corrected chi connectivity index (χ3v) is 4.11. The van der Waals surface area contributed by atoms with E-state index in [9.17, 15) is 13.2 Å². The van der Waals surface area contributed by atoms with Crippen molar-refractivity contribution in [1.29, 1.82) is 0 Å². The van der Waals surface area contributed by atoms with Gasteiger partial charge in [-0.3, -0.25) is 4.79 Å². The maximum atomic E-state index is 11.7. The second kappa shape index (κ2) is 5.30. The van der Waals surface area contributed by atoms with Crippen LogP contribution >= 0.6 is 0 Å². The van der Waals surface area contributed by atoms with Crippen LogP contribution in [0.15, 0.2) is 24.3 Å². The smallest absolute Gasteiger partial charge is 0.228 e. The predicted octanol–water partition coefficient (Wildman–Crippen LogP) is 0.338. The van der Waals surface area contributed by atoms with Crippen molar-refractivity contribution in [3.8, 4) is 0 Å². The van der Waals surface area contributed by atoms with Crippen molar-refractivity contribution in [3.05, 3.63) is 29.8 Å². The Bertz CT molecular complexity index is 566. The van der Waals surface area contributed by atoms with E-state index >= 15 is 0 Å². The van der Waals surface area contributed by atoms with Gasteiger partial charge in [0, 0.05) is 31.0 Å². The summed E-state index contributed by atoms with van der Waals surface area (Å²) in [6.07, 6.45) is 2.11. The van der Waals surface area contributed by atoms with E-state index in [1.807, 2.05) is 24.3 Å². The van der Waals surface area contributed by atoms with Gasteiger partial charge in [0.05, 0.1) is 5.75 Å². The molecule has 1 aromatic rings. The van der Waals surface area contributed by atoms with Crippen LogP contribution in [0.25, 0.3) is 0 Å². The fourth-order valence-electron chi connectivity index (χ4n) is 2.13. The Morgan fingerprint density at radius 3 is 2.42 bits per heavy atom. The fourth-order valence-corrected chi connectivity index (χ4v) is 2.74. The van der Waals surface area contributed by atoms with E-state index in [2.05, 4.69) is 0 Å². The third-order valence-electron chi connectivity index (χ3n) is 3.16. The van der Waals surface area contributed by atoms with E-state index in [-0.39, 0.29) is 17.7 Å². The molecule has 0 aromatic heterocycles. The molecule has 1 saturated heterocycles. The SMILES string of the molecule is CS(=O)(=O)CCc1ccc(N2C[C@H](N)CC2=O)cc1. The first-order chi connectivity index (χ1) is 8.85. The Hall–Kier alpha value is -1.40. The van der Waals surface area contributed by atoms with Gasteiger partial charge in [-0.15, -0.1) is 0 Å². The summed E-state index contributed by atoms with van der Waals surface area (Å²) in [6, 6.07) is 7.30. The average molecular weight is 282 g/mol. The largest absolute Gasteiger partial charge is 0.326 e. The zero-order valence-electron chi connectivity index (χ0n) is 10.9. The van der Waals surface area contributed by atoms with Crippen LogP contribution in [-0.4, -0.2) is 38.9 Å². The van der Waals surface area contributed by atoms with Crippen LogP contribution in [0, 0.1) is 0 Å². The minimum atomic E-state index is -2.95. The van der Waals surface area contributed by atoms with Crippen molar-refractivity contribution in [2.45, 2.75) is 18.9 Å². The Morgan fingerprint density at radius 1 is 1.32 bits per heavy atom. The maximum absolute atomic E-state index is 11.7. The van der Waals surface area contributed by atoms with Gasteiger partial charge in [-0.05, 0) is 24.1 Å². The Morgan fingerprint density at radius 2 is 1.95 bits per heavy atom. The molecule has 0 aliphatic carbocycles. The van der Waals surface area contributed by atoms with Crippen LogP contribution in [0.5, 0.6) is 0 Å². The summed E-state index contributed by atoms with van der Waals surface area (Å²) in [7, 11) is -2.95. The van der Waals surface area contributed by atoms with E-state index in [0.717, 1.165) is 11.3 Å². The molecule has 2 rings (SSSR count). The molecule has 1 amide bonds. The number of anilines is 1. The van der Waals surface area contributed by atoms with Crippen LogP contribution in [0.1, 0.15) is 12.0 Å². The van der Waals surface area contributed by atoms with Crippen molar-refractivity contribution < 1.29 is 13.2 Å². The normalized spacial score (nSPS) is 20.0. The Labute approximate surface area is 113 Å². The first kappa shape index (κ1) is 14.0. The maximum Gasteiger partial charge on any atom is 0.228 e. The molecule has 19 heavy (non-hydrogen) atoms. The van der Waals surface area contributed by atoms with Crippen LogP contribution in [0.4, 0.5) is 5.69 Å². The van der Waals surface area contributed by atoms with Crippen molar-refractivity contribution in [1.82, 2.24) is 0 Å². The monoisotopic (exact) mass is 282 g/mol. The second-order valence-electron chi connectivity index (χ2n) is 5.01. The molecule has 0 radical (unpaired) electrons. The number of hydrogen-bond acceptors (Lipinski definition) is 4.